The highest BCUT2D eigenvalue weighted by Crippen LogP contribution is 1.99. The van der Waals surface area contributed by atoms with Crippen LogP contribution in [-0.4, -0.2) is 57.7 Å². The van der Waals surface area contributed by atoms with Gasteiger partial charge in [-0.15, -0.1) is 0 Å². The molecular formula is C6H13NO5. The molecule has 0 fully saturated rings. The molecular weight excluding hydrogens is 166 g/mol. The maximum atomic E-state index is 10.6. The van der Waals surface area contributed by atoms with Crippen molar-refractivity contribution < 1.29 is 25.2 Å². The molecule has 0 saturated heterocycles. The van der Waals surface area contributed by atoms with Crippen LogP contribution in [0.25, 0.3) is 0 Å². The Balaban J connectivity index is 4.08. The lowest BCUT2D eigenvalue weighted by Crippen LogP contribution is -2.46. The van der Waals surface area contributed by atoms with E-state index in [0.717, 1.165) is 0 Å². The first-order valence-corrected chi connectivity index (χ1v) is 3.42. The summed E-state index contributed by atoms with van der Waals surface area (Å²) in [6.45, 7) is -1.15. The van der Waals surface area contributed by atoms with Crippen LogP contribution >= 0.6 is 0 Å². The fraction of sp³-hybridized carbons (Fsp3) is 0.833. The molecule has 0 saturated carbocycles. The van der Waals surface area contributed by atoms with Gasteiger partial charge in [0.1, 0.15) is 18.8 Å². The van der Waals surface area contributed by atoms with Crippen molar-refractivity contribution in [2.24, 2.45) is 5.73 Å². The van der Waals surface area contributed by atoms with Crippen LogP contribution in [0.3, 0.4) is 0 Å². The van der Waals surface area contributed by atoms with Crippen LogP contribution in [0.4, 0.5) is 0 Å². The van der Waals surface area contributed by atoms with Crippen molar-refractivity contribution in [3.63, 3.8) is 0 Å². The van der Waals surface area contributed by atoms with Crippen LogP contribution < -0.4 is 5.73 Å². The average molecular weight is 179 g/mol. The normalized spacial score (nSPS) is 18.4. The average Bonchev–Trinajstić information content (AvgIpc) is 2.12. The molecule has 6 nitrogen and oxygen atoms in total. The van der Waals surface area contributed by atoms with Crippen molar-refractivity contribution in [1.29, 1.82) is 0 Å². The Labute approximate surface area is 69.2 Å². The summed E-state index contributed by atoms with van der Waals surface area (Å²) in [5.74, 6) is -0.949. The first-order chi connectivity index (χ1) is 5.54. The van der Waals surface area contributed by atoms with Gasteiger partial charge in [-0.25, -0.2) is 0 Å². The Morgan fingerprint density at radius 2 is 1.83 bits per heavy atom. The van der Waals surface area contributed by atoms with Gasteiger partial charge in [0, 0.05) is 6.54 Å². The Morgan fingerprint density at radius 1 is 1.33 bits per heavy atom. The van der Waals surface area contributed by atoms with Crippen LogP contribution in [-0.2, 0) is 4.79 Å². The monoisotopic (exact) mass is 179 g/mol. The summed E-state index contributed by atoms with van der Waals surface area (Å²) in [5, 5.41) is 35.0. The first kappa shape index (κ1) is 11.5. The zero-order valence-electron chi connectivity index (χ0n) is 6.42. The summed E-state index contributed by atoms with van der Waals surface area (Å²) in [5.41, 5.74) is 4.96. The van der Waals surface area contributed by atoms with E-state index in [0.29, 0.717) is 0 Å². The zero-order chi connectivity index (χ0) is 9.72. The van der Waals surface area contributed by atoms with Crippen molar-refractivity contribution in [1.82, 2.24) is 0 Å². The Hall–Kier alpha value is -0.530. The molecule has 0 aliphatic heterocycles. The minimum atomic E-state index is -1.78. The SMILES string of the molecule is NC[C@@H](O)[C@H](O)[C@@H](O)C(=O)CO. The Bertz CT molecular complexity index is 151. The molecule has 6 heteroatoms. The van der Waals surface area contributed by atoms with Crippen LogP contribution in [0.5, 0.6) is 0 Å². The number of hydrogen-bond donors (Lipinski definition) is 5. The van der Waals surface area contributed by atoms with E-state index < -0.39 is 30.7 Å². The second-order valence-electron chi connectivity index (χ2n) is 2.36. The molecule has 0 aromatic rings. The van der Waals surface area contributed by atoms with Gasteiger partial charge in [-0.05, 0) is 0 Å². The quantitative estimate of drug-likeness (QED) is 0.299. The number of hydrogen-bond acceptors (Lipinski definition) is 6. The van der Waals surface area contributed by atoms with E-state index in [1.807, 2.05) is 0 Å². The topological polar surface area (TPSA) is 124 Å². The molecule has 0 aromatic heterocycles. The van der Waals surface area contributed by atoms with Gasteiger partial charge in [0.2, 0.25) is 0 Å². The highest BCUT2D eigenvalue weighted by Gasteiger charge is 2.28. The van der Waals surface area contributed by atoms with E-state index in [1.54, 1.807) is 0 Å². The van der Waals surface area contributed by atoms with E-state index in [2.05, 4.69) is 0 Å². The molecule has 0 amide bonds. The molecule has 0 heterocycles. The smallest absolute Gasteiger partial charge is 0.189 e. The Morgan fingerprint density at radius 3 is 2.17 bits per heavy atom. The second-order valence-corrected chi connectivity index (χ2v) is 2.36. The number of nitrogens with two attached hydrogens (primary N) is 1. The molecule has 0 spiro atoms. The molecule has 0 aliphatic carbocycles. The van der Waals surface area contributed by atoms with Crippen LogP contribution in [0, 0.1) is 0 Å². The van der Waals surface area contributed by atoms with E-state index in [4.69, 9.17) is 26.2 Å². The van der Waals surface area contributed by atoms with E-state index >= 15 is 0 Å². The molecule has 72 valence electrons. The van der Waals surface area contributed by atoms with Crippen LogP contribution in [0.1, 0.15) is 0 Å². The summed E-state index contributed by atoms with van der Waals surface area (Å²) in [4.78, 5) is 10.6. The maximum Gasteiger partial charge on any atom is 0.189 e. The molecule has 12 heavy (non-hydrogen) atoms. The number of aliphatic hydroxyl groups is 4. The number of carbonyl (C=O) groups excluding carboxylic acids is 1. The van der Waals surface area contributed by atoms with Crippen LogP contribution in [0.15, 0.2) is 0 Å². The summed E-state index contributed by atoms with van der Waals surface area (Å²) >= 11 is 0. The minimum absolute atomic E-state index is 0.267. The number of Topliss-reactive ketones (excluding diaryl/α,β-unsaturated/α-hetero) is 1. The van der Waals surface area contributed by atoms with Crippen LogP contribution in [0.2, 0.25) is 0 Å². The Kier molecular flexibility index (Phi) is 4.95. The fourth-order valence-electron chi connectivity index (χ4n) is 0.634. The lowest BCUT2D eigenvalue weighted by atomic mass is 10.1. The third-order valence-electron chi connectivity index (χ3n) is 1.44. The van der Waals surface area contributed by atoms with Gasteiger partial charge in [0.15, 0.2) is 5.78 Å². The summed E-state index contributed by atoms with van der Waals surface area (Å²) < 4.78 is 0. The van der Waals surface area contributed by atoms with Crippen molar-refractivity contribution >= 4 is 5.78 Å². The predicted molar refractivity (Wildman–Crippen MR) is 39.2 cm³/mol. The summed E-state index contributed by atoms with van der Waals surface area (Å²) in [6, 6.07) is 0. The largest absolute Gasteiger partial charge is 0.389 e. The van der Waals surface area contributed by atoms with Crippen molar-refractivity contribution in [3.8, 4) is 0 Å². The lowest BCUT2D eigenvalue weighted by Gasteiger charge is -2.19. The third kappa shape index (κ3) is 2.84. The molecule has 0 aliphatic rings. The van der Waals surface area contributed by atoms with Crippen molar-refractivity contribution in [2.45, 2.75) is 18.3 Å². The third-order valence-corrected chi connectivity index (χ3v) is 1.44. The molecule has 0 aromatic carbocycles. The summed E-state index contributed by atoms with van der Waals surface area (Å²) in [7, 11) is 0. The first-order valence-electron chi connectivity index (χ1n) is 3.42. The van der Waals surface area contributed by atoms with Gasteiger partial charge in [-0.1, -0.05) is 0 Å². The number of ketones is 1. The molecule has 6 N–H and O–H groups in total. The molecule has 0 unspecified atom stereocenters. The predicted octanol–water partition coefficient (Wildman–Crippen LogP) is -3.41. The minimum Gasteiger partial charge on any atom is -0.389 e. The number of aliphatic hydroxyl groups excluding tert-OH is 4. The van der Waals surface area contributed by atoms with E-state index in [-0.39, 0.29) is 6.54 Å². The lowest BCUT2D eigenvalue weighted by molar-refractivity contribution is -0.140. The number of rotatable bonds is 5. The standard InChI is InChI=1S/C6H13NO5/c7-1-3(9)5(11)6(12)4(10)2-8/h3,5-6,8-9,11-12H,1-2,7H2/t3-,5+,6+/m1/s1. The van der Waals surface area contributed by atoms with Crippen molar-refractivity contribution in [2.75, 3.05) is 13.2 Å². The van der Waals surface area contributed by atoms with E-state index in [1.165, 1.54) is 0 Å². The van der Waals surface area contributed by atoms with Gasteiger partial charge in [-0.3, -0.25) is 4.79 Å². The van der Waals surface area contributed by atoms with Gasteiger partial charge >= 0.3 is 0 Å². The molecule has 0 bridgehead atoms. The van der Waals surface area contributed by atoms with E-state index in [9.17, 15) is 4.79 Å². The second kappa shape index (κ2) is 5.18. The van der Waals surface area contributed by atoms with Gasteiger partial charge in [0.05, 0.1) is 6.10 Å². The van der Waals surface area contributed by atoms with Gasteiger partial charge in [-0.2, -0.15) is 0 Å². The molecule has 3 atom stereocenters. The molecule has 0 radical (unpaired) electrons. The number of carbonyl (C=O) groups is 1. The zero-order valence-corrected chi connectivity index (χ0v) is 6.42. The highest BCUT2D eigenvalue weighted by atomic mass is 16.4. The highest BCUT2D eigenvalue weighted by molar-refractivity contribution is 5.84. The summed E-state index contributed by atoms with van der Waals surface area (Å²) in [6.07, 6.45) is -4.79. The fourth-order valence-corrected chi connectivity index (χ4v) is 0.634. The van der Waals surface area contributed by atoms with Crippen molar-refractivity contribution in [3.05, 3.63) is 0 Å². The molecule has 0 rings (SSSR count). The maximum absolute atomic E-state index is 10.6. The van der Waals surface area contributed by atoms with Gasteiger partial charge in [0.25, 0.3) is 0 Å². The van der Waals surface area contributed by atoms with Gasteiger partial charge < -0.3 is 26.2 Å².